The van der Waals surface area contributed by atoms with Gasteiger partial charge in [0.25, 0.3) is 0 Å². The first kappa shape index (κ1) is 12.7. The van der Waals surface area contributed by atoms with E-state index >= 15 is 0 Å². The first-order chi connectivity index (χ1) is 6.83. The molecule has 0 amide bonds. The van der Waals surface area contributed by atoms with E-state index in [0.29, 0.717) is 10.2 Å². The zero-order chi connectivity index (χ0) is 11.6. The molecule has 0 aliphatic heterocycles. The average molecular weight is 315 g/mol. The Morgan fingerprint density at radius 2 is 2.13 bits per heavy atom. The predicted molar refractivity (Wildman–Crippen MR) is 63.2 cm³/mol. The van der Waals surface area contributed by atoms with E-state index in [1.165, 1.54) is 26.4 Å². The smallest absolute Gasteiger partial charge is 0.269 e. The second-order valence-electron chi connectivity index (χ2n) is 2.89. The predicted octanol–water partition coefficient (Wildman–Crippen LogP) is 1.72. The lowest BCUT2D eigenvalue weighted by atomic mass is 10.4. The normalized spacial score (nSPS) is 11.8. The molecule has 0 saturated carbocycles. The van der Waals surface area contributed by atoms with E-state index in [2.05, 4.69) is 25.6 Å². The molecular weight excluding hydrogens is 306 g/mol. The van der Waals surface area contributed by atoms with Crippen molar-refractivity contribution in [2.24, 2.45) is 0 Å². The lowest BCUT2D eigenvalue weighted by Crippen LogP contribution is -2.28. The van der Waals surface area contributed by atoms with Crippen LogP contribution in [0, 0.1) is 0 Å². The van der Waals surface area contributed by atoms with E-state index in [9.17, 15) is 8.42 Å². The Morgan fingerprint density at radius 3 is 2.60 bits per heavy atom. The molecule has 5 nitrogen and oxygen atoms in total. The molecule has 15 heavy (non-hydrogen) atoms. The summed E-state index contributed by atoms with van der Waals surface area (Å²) in [5, 5.41) is 0.280. The number of nitrogens with zero attached hydrogens (tertiary/aromatic N) is 2. The Morgan fingerprint density at radius 1 is 1.53 bits per heavy atom. The van der Waals surface area contributed by atoms with Crippen molar-refractivity contribution >= 4 is 43.4 Å². The van der Waals surface area contributed by atoms with Gasteiger partial charge < -0.3 is 0 Å². The van der Waals surface area contributed by atoms with Crippen molar-refractivity contribution in [1.29, 1.82) is 0 Å². The number of anilines is 1. The maximum Gasteiger partial charge on any atom is 0.301 e. The largest absolute Gasteiger partial charge is 0.301 e. The fourth-order valence-corrected chi connectivity index (χ4v) is 1.76. The van der Waals surface area contributed by atoms with Crippen LogP contribution >= 0.6 is 27.5 Å². The molecule has 8 heteroatoms. The highest BCUT2D eigenvalue weighted by Crippen LogP contribution is 2.23. The van der Waals surface area contributed by atoms with Crippen LogP contribution in [0.4, 0.5) is 5.69 Å². The van der Waals surface area contributed by atoms with Crippen LogP contribution in [0.15, 0.2) is 16.7 Å². The molecule has 0 bridgehead atoms. The Bertz CT molecular complexity index is 463. The SMILES string of the molecule is CN(C)S(=O)(=O)Nc1cnc(Cl)c(Br)c1. The van der Waals surface area contributed by atoms with Gasteiger partial charge in [0.15, 0.2) is 0 Å². The van der Waals surface area contributed by atoms with E-state index in [0.717, 1.165) is 4.31 Å². The van der Waals surface area contributed by atoms with Crippen LogP contribution in [-0.4, -0.2) is 31.8 Å². The molecule has 1 N–H and O–H groups in total. The molecule has 0 unspecified atom stereocenters. The Balaban J connectivity index is 2.96. The Labute approximate surface area is 102 Å². The Hall–Kier alpha value is -0.370. The molecule has 0 atom stereocenters. The van der Waals surface area contributed by atoms with Crippen LogP contribution in [0.1, 0.15) is 0 Å². The standard InChI is InChI=1S/C7H9BrClN3O2S/c1-12(2)15(13,14)11-5-3-6(8)7(9)10-4-5/h3-4,11H,1-2H3. The van der Waals surface area contributed by atoms with Gasteiger partial charge in [0.1, 0.15) is 5.15 Å². The first-order valence-electron chi connectivity index (χ1n) is 3.84. The van der Waals surface area contributed by atoms with Crippen LogP contribution in [-0.2, 0) is 10.2 Å². The van der Waals surface area contributed by atoms with Gasteiger partial charge in [-0.2, -0.15) is 12.7 Å². The summed E-state index contributed by atoms with van der Waals surface area (Å²) in [5.41, 5.74) is 0.347. The van der Waals surface area contributed by atoms with Crippen molar-refractivity contribution < 1.29 is 8.42 Å². The molecule has 0 radical (unpaired) electrons. The van der Waals surface area contributed by atoms with E-state index in [1.54, 1.807) is 0 Å². The molecule has 0 saturated heterocycles. The van der Waals surface area contributed by atoms with Gasteiger partial charge in [-0.1, -0.05) is 11.6 Å². The number of aromatic nitrogens is 1. The number of halogens is 2. The molecule has 1 aromatic heterocycles. The topological polar surface area (TPSA) is 62.3 Å². The maximum absolute atomic E-state index is 11.4. The van der Waals surface area contributed by atoms with Crippen LogP contribution in [0.2, 0.25) is 5.15 Å². The van der Waals surface area contributed by atoms with Crippen LogP contribution in [0.5, 0.6) is 0 Å². The summed E-state index contributed by atoms with van der Waals surface area (Å²) in [4.78, 5) is 3.80. The highest BCUT2D eigenvalue weighted by Gasteiger charge is 2.13. The third kappa shape index (κ3) is 3.30. The van der Waals surface area contributed by atoms with Crippen molar-refractivity contribution in [1.82, 2.24) is 9.29 Å². The van der Waals surface area contributed by atoms with E-state index < -0.39 is 10.2 Å². The van der Waals surface area contributed by atoms with Gasteiger partial charge in [-0.3, -0.25) is 4.72 Å². The van der Waals surface area contributed by atoms with Crippen molar-refractivity contribution in [3.8, 4) is 0 Å². The van der Waals surface area contributed by atoms with Crippen molar-refractivity contribution in [2.75, 3.05) is 18.8 Å². The molecule has 0 fully saturated rings. The summed E-state index contributed by atoms with van der Waals surface area (Å²) in [6.45, 7) is 0. The van der Waals surface area contributed by atoms with E-state index in [-0.39, 0.29) is 5.15 Å². The minimum atomic E-state index is -3.50. The summed E-state index contributed by atoms with van der Waals surface area (Å²) in [6, 6.07) is 1.54. The molecule has 84 valence electrons. The highest BCUT2D eigenvalue weighted by molar-refractivity contribution is 9.10. The second kappa shape index (κ2) is 4.65. The lowest BCUT2D eigenvalue weighted by molar-refractivity contribution is 0.527. The third-order valence-corrected chi connectivity index (χ3v) is 4.11. The minimum Gasteiger partial charge on any atom is -0.269 e. The van der Waals surface area contributed by atoms with Gasteiger partial charge >= 0.3 is 10.2 Å². The fraction of sp³-hybridized carbons (Fsp3) is 0.286. The van der Waals surface area contributed by atoms with Crippen LogP contribution in [0.3, 0.4) is 0 Å². The molecular formula is C7H9BrClN3O2S. The van der Waals surface area contributed by atoms with Gasteiger partial charge in [0.05, 0.1) is 16.4 Å². The molecule has 1 heterocycles. The fourth-order valence-electron chi connectivity index (χ4n) is 0.717. The zero-order valence-corrected chi connectivity index (χ0v) is 11.2. The summed E-state index contributed by atoms with van der Waals surface area (Å²) in [7, 11) is -0.639. The lowest BCUT2D eigenvalue weighted by Gasteiger charge is -2.13. The molecule has 1 aromatic rings. The summed E-state index contributed by atoms with van der Waals surface area (Å²) < 4.78 is 26.8. The minimum absolute atomic E-state index is 0.280. The number of nitrogens with one attached hydrogen (secondary N) is 1. The summed E-state index contributed by atoms with van der Waals surface area (Å²) in [6.07, 6.45) is 1.34. The van der Waals surface area contributed by atoms with E-state index in [4.69, 9.17) is 11.6 Å². The summed E-state index contributed by atoms with van der Waals surface area (Å²) in [5.74, 6) is 0. The third-order valence-electron chi connectivity index (χ3n) is 1.52. The van der Waals surface area contributed by atoms with Gasteiger partial charge in [0.2, 0.25) is 0 Å². The van der Waals surface area contributed by atoms with Gasteiger partial charge in [-0.05, 0) is 22.0 Å². The monoisotopic (exact) mass is 313 g/mol. The molecule has 0 spiro atoms. The van der Waals surface area contributed by atoms with Crippen molar-refractivity contribution in [3.63, 3.8) is 0 Å². The molecule has 0 aliphatic rings. The molecule has 0 aliphatic carbocycles. The molecule has 0 aromatic carbocycles. The average Bonchev–Trinajstić information content (AvgIpc) is 2.10. The summed E-state index contributed by atoms with van der Waals surface area (Å²) >= 11 is 8.82. The number of pyridine rings is 1. The first-order valence-corrected chi connectivity index (χ1v) is 6.45. The van der Waals surface area contributed by atoms with Crippen molar-refractivity contribution in [3.05, 3.63) is 21.9 Å². The van der Waals surface area contributed by atoms with Gasteiger partial charge in [0, 0.05) is 14.1 Å². The number of hydrogen-bond acceptors (Lipinski definition) is 3. The maximum atomic E-state index is 11.4. The highest BCUT2D eigenvalue weighted by atomic mass is 79.9. The van der Waals surface area contributed by atoms with Gasteiger partial charge in [-0.25, -0.2) is 4.98 Å². The second-order valence-corrected chi connectivity index (χ2v) is 5.98. The zero-order valence-electron chi connectivity index (χ0n) is 8.03. The van der Waals surface area contributed by atoms with Crippen molar-refractivity contribution in [2.45, 2.75) is 0 Å². The van der Waals surface area contributed by atoms with Crippen LogP contribution in [0.25, 0.3) is 0 Å². The molecule has 1 rings (SSSR count). The van der Waals surface area contributed by atoms with E-state index in [1.807, 2.05) is 0 Å². The Kier molecular flexibility index (Phi) is 3.93. The quantitative estimate of drug-likeness (QED) is 0.864. The number of rotatable bonds is 3. The van der Waals surface area contributed by atoms with Gasteiger partial charge in [-0.15, -0.1) is 0 Å². The van der Waals surface area contributed by atoms with Crippen LogP contribution < -0.4 is 4.72 Å². The number of hydrogen-bond donors (Lipinski definition) is 1.